The van der Waals surface area contributed by atoms with E-state index in [-0.39, 0.29) is 23.5 Å². The number of hydrogen-bond donors (Lipinski definition) is 2. The van der Waals surface area contributed by atoms with Crippen molar-refractivity contribution in [1.82, 2.24) is 10.2 Å². The Morgan fingerprint density at radius 2 is 1.95 bits per heavy atom. The van der Waals surface area contributed by atoms with Crippen molar-refractivity contribution in [2.24, 2.45) is 10.8 Å². The van der Waals surface area contributed by atoms with Crippen molar-refractivity contribution in [3.05, 3.63) is 0 Å². The molecule has 1 aliphatic heterocycles. The Morgan fingerprint density at radius 3 is 2.52 bits per heavy atom. The van der Waals surface area contributed by atoms with E-state index >= 15 is 0 Å². The molecule has 1 fully saturated rings. The molecule has 2 amide bonds. The molecule has 1 aliphatic rings. The van der Waals surface area contributed by atoms with Gasteiger partial charge in [0.15, 0.2) is 0 Å². The lowest BCUT2D eigenvalue weighted by molar-refractivity contribution is 0.146. The van der Waals surface area contributed by atoms with E-state index in [0.717, 1.165) is 38.6 Å². The van der Waals surface area contributed by atoms with Crippen LogP contribution in [0.2, 0.25) is 0 Å². The molecule has 1 rings (SSSR count). The maximum Gasteiger partial charge on any atom is 0.317 e. The third-order valence-electron chi connectivity index (χ3n) is 4.22. The quantitative estimate of drug-likeness (QED) is 0.738. The monoisotopic (exact) mass is 298 g/mol. The zero-order chi connectivity index (χ0) is 16.1. The molecule has 2 N–H and O–H groups in total. The Kier molecular flexibility index (Phi) is 6.51. The molecule has 0 spiro atoms. The van der Waals surface area contributed by atoms with Crippen molar-refractivity contribution < 1.29 is 9.90 Å². The lowest BCUT2D eigenvalue weighted by Gasteiger charge is -2.30. The number of aliphatic hydroxyl groups excluding tert-OH is 1. The predicted molar refractivity (Wildman–Crippen MR) is 87.3 cm³/mol. The SMILES string of the molecule is CC(C)(C)CC1CCCN1C(=O)NCCCC(C)(C)CO. The van der Waals surface area contributed by atoms with Gasteiger partial charge in [0.25, 0.3) is 0 Å². The number of urea groups is 1. The fraction of sp³-hybridized carbons (Fsp3) is 0.941. The number of carbonyl (C=O) groups excluding carboxylic acids is 1. The van der Waals surface area contributed by atoms with Crippen molar-refractivity contribution >= 4 is 6.03 Å². The van der Waals surface area contributed by atoms with Gasteiger partial charge in [-0.05, 0) is 42.9 Å². The summed E-state index contributed by atoms with van der Waals surface area (Å²) in [6.45, 7) is 12.6. The highest BCUT2D eigenvalue weighted by atomic mass is 16.3. The zero-order valence-electron chi connectivity index (χ0n) is 14.5. The molecule has 0 aliphatic carbocycles. The third-order valence-corrected chi connectivity index (χ3v) is 4.22. The van der Waals surface area contributed by atoms with Crippen molar-refractivity contribution in [2.45, 2.75) is 72.8 Å². The molecular formula is C17H34N2O2. The first-order chi connectivity index (χ1) is 9.64. The van der Waals surface area contributed by atoms with E-state index in [2.05, 4.69) is 39.9 Å². The third kappa shape index (κ3) is 6.68. The summed E-state index contributed by atoms with van der Waals surface area (Å²) in [6.07, 6.45) is 5.15. The highest BCUT2D eigenvalue weighted by Crippen LogP contribution is 2.29. The van der Waals surface area contributed by atoms with Crippen LogP contribution in [0, 0.1) is 10.8 Å². The largest absolute Gasteiger partial charge is 0.396 e. The minimum atomic E-state index is -0.0485. The van der Waals surface area contributed by atoms with E-state index in [9.17, 15) is 9.90 Å². The fourth-order valence-electron chi connectivity index (χ4n) is 2.97. The van der Waals surface area contributed by atoms with Crippen LogP contribution < -0.4 is 5.32 Å². The van der Waals surface area contributed by atoms with E-state index in [1.165, 1.54) is 0 Å². The van der Waals surface area contributed by atoms with Gasteiger partial charge in [-0.3, -0.25) is 0 Å². The lowest BCUT2D eigenvalue weighted by atomic mass is 9.87. The minimum Gasteiger partial charge on any atom is -0.396 e. The standard InChI is InChI=1S/C17H34N2O2/c1-16(2,3)12-14-8-6-11-19(14)15(21)18-10-7-9-17(4,5)13-20/h14,20H,6-13H2,1-5H3,(H,18,21). The average molecular weight is 298 g/mol. The van der Waals surface area contributed by atoms with Crippen molar-refractivity contribution in [2.75, 3.05) is 19.7 Å². The first-order valence-electron chi connectivity index (χ1n) is 8.30. The maximum absolute atomic E-state index is 12.3. The van der Waals surface area contributed by atoms with E-state index in [1.54, 1.807) is 0 Å². The predicted octanol–water partition coefficient (Wildman–Crippen LogP) is 3.40. The van der Waals surface area contributed by atoms with Crippen LogP contribution in [0.5, 0.6) is 0 Å². The van der Waals surface area contributed by atoms with Gasteiger partial charge in [-0.2, -0.15) is 0 Å². The van der Waals surface area contributed by atoms with Crippen LogP contribution in [0.3, 0.4) is 0 Å². The number of rotatable bonds is 6. The van der Waals surface area contributed by atoms with E-state index < -0.39 is 0 Å². The molecule has 0 aromatic heterocycles. The van der Waals surface area contributed by atoms with Crippen LogP contribution in [0.4, 0.5) is 4.79 Å². The fourth-order valence-corrected chi connectivity index (χ4v) is 2.97. The first kappa shape index (κ1) is 18.3. The van der Waals surface area contributed by atoms with Gasteiger partial charge < -0.3 is 15.3 Å². The minimum absolute atomic E-state index is 0.0485. The van der Waals surface area contributed by atoms with Gasteiger partial charge in [0.05, 0.1) is 0 Å². The second kappa shape index (κ2) is 7.48. The summed E-state index contributed by atoms with van der Waals surface area (Å²) < 4.78 is 0. The Hall–Kier alpha value is -0.770. The van der Waals surface area contributed by atoms with Crippen LogP contribution >= 0.6 is 0 Å². The highest BCUT2D eigenvalue weighted by Gasteiger charge is 2.31. The molecule has 1 saturated heterocycles. The summed E-state index contributed by atoms with van der Waals surface area (Å²) in [5, 5.41) is 12.3. The Bertz CT molecular complexity index is 334. The number of likely N-dealkylation sites (tertiary alicyclic amines) is 1. The number of nitrogens with zero attached hydrogens (tertiary/aromatic N) is 1. The Labute approximate surface area is 130 Å². The van der Waals surface area contributed by atoms with E-state index in [0.29, 0.717) is 12.6 Å². The number of nitrogens with one attached hydrogen (secondary N) is 1. The van der Waals surface area contributed by atoms with Gasteiger partial charge >= 0.3 is 6.03 Å². The maximum atomic E-state index is 12.3. The Balaban J connectivity index is 2.34. The Morgan fingerprint density at radius 1 is 1.29 bits per heavy atom. The summed E-state index contributed by atoms with van der Waals surface area (Å²) >= 11 is 0. The number of amides is 2. The normalized spacial score (nSPS) is 19.9. The molecule has 0 radical (unpaired) electrons. The van der Waals surface area contributed by atoms with Crippen LogP contribution in [0.1, 0.15) is 66.7 Å². The summed E-state index contributed by atoms with van der Waals surface area (Å²) in [7, 11) is 0. The van der Waals surface area contributed by atoms with Gasteiger partial charge in [0, 0.05) is 25.7 Å². The molecule has 1 atom stereocenters. The van der Waals surface area contributed by atoms with Crippen LogP contribution in [0.15, 0.2) is 0 Å². The lowest BCUT2D eigenvalue weighted by Crippen LogP contribution is -2.44. The number of carbonyl (C=O) groups is 1. The topological polar surface area (TPSA) is 52.6 Å². The molecule has 1 heterocycles. The van der Waals surface area contributed by atoms with Crippen molar-refractivity contribution in [3.63, 3.8) is 0 Å². The second-order valence-corrected chi connectivity index (χ2v) is 8.41. The highest BCUT2D eigenvalue weighted by molar-refractivity contribution is 5.74. The smallest absolute Gasteiger partial charge is 0.317 e. The van der Waals surface area contributed by atoms with Crippen molar-refractivity contribution in [1.29, 1.82) is 0 Å². The first-order valence-corrected chi connectivity index (χ1v) is 8.30. The van der Waals surface area contributed by atoms with Crippen LogP contribution in [0.25, 0.3) is 0 Å². The van der Waals surface area contributed by atoms with Crippen LogP contribution in [-0.4, -0.2) is 41.8 Å². The molecule has 21 heavy (non-hydrogen) atoms. The summed E-state index contributed by atoms with van der Waals surface area (Å²) in [5.74, 6) is 0. The molecular weight excluding hydrogens is 264 g/mol. The number of aliphatic hydroxyl groups is 1. The van der Waals surface area contributed by atoms with Crippen molar-refractivity contribution in [3.8, 4) is 0 Å². The van der Waals surface area contributed by atoms with Gasteiger partial charge in [-0.1, -0.05) is 34.6 Å². The van der Waals surface area contributed by atoms with Gasteiger partial charge in [0.1, 0.15) is 0 Å². The molecule has 0 bridgehead atoms. The molecule has 4 heteroatoms. The summed E-state index contributed by atoms with van der Waals surface area (Å²) in [5.41, 5.74) is 0.214. The second-order valence-electron chi connectivity index (χ2n) is 8.41. The summed E-state index contributed by atoms with van der Waals surface area (Å²) in [6, 6.07) is 0.474. The van der Waals surface area contributed by atoms with Gasteiger partial charge in [-0.15, -0.1) is 0 Å². The molecule has 4 nitrogen and oxygen atoms in total. The molecule has 124 valence electrons. The molecule has 0 saturated carbocycles. The molecule has 0 aromatic rings. The molecule has 0 aromatic carbocycles. The number of hydrogen-bond acceptors (Lipinski definition) is 2. The molecule has 1 unspecified atom stereocenters. The van der Waals surface area contributed by atoms with E-state index in [1.807, 2.05) is 4.90 Å². The van der Waals surface area contributed by atoms with Crippen LogP contribution in [-0.2, 0) is 0 Å². The average Bonchev–Trinajstić information content (AvgIpc) is 2.80. The van der Waals surface area contributed by atoms with Gasteiger partial charge in [-0.25, -0.2) is 4.79 Å². The van der Waals surface area contributed by atoms with E-state index in [4.69, 9.17) is 0 Å². The zero-order valence-corrected chi connectivity index (χ0v) is 14.5. The summed E-state index contributed by atoms with van der Waals surface area (Å²) in [4.78, 5) is 14.3. The van der Waals surface area contributed by atoms with Gasteiger partial charge in [0.2, 0.25) is 0 Å².